The summed E-state index contributed by atoms with van der Waals surface area (Å²) in [6, 6.07) is 9.01. The molecule has 0 saturated carbocycles. The average Bonchev–Trinajstić information content (AvgIpc) is 2.15. The van der Waals surface area contributed by atoms with E-state index in [4.69, 9.17) is 5.73 Å². The number of hydrogen-bond donors (Lipinski definition) is 1. The molecule has 0 amide bonds. The number of halogens is 1. The lowest BCUT2D eigenvalue weighted by Crippen LogP contribution is -2.32. The van der Waals surface area contributed by atoms with Gasteiger partial charge in [-0.15, -0.1) is 0 Å². The van der Waals surface area contributed by atoms with Crippen LogP contribution in [0.4, 0.5) is 0 Å². The number of nitrogens with two attached hydrogens (primary N) is 1. The molecule has 15 heavy (non-hydrogen) atoms. The van der Waals surface area contributed by atoms with Crippen molar-refractivity contribution in [2.45, 2.75) is 33.2 Å². The molecule has 1 rings (SSSR count). The third-order valence-corrected chi connectivity index (χ3v) is 3.64. The molecular formula is C13H20IN. The molecule has 1 nitrogen and oxygen atoms in total. The highest BCUT2D eigenvalue weighted by molar-refractivity contribution is 14.1. The Balaban J connectivity index is 2.70. The lowest BCUT2D eigenvalue weighted by molar-refractivity contribution is 0.330. The molecular weight excluding hydrogens is 297 g/mol. The van der Waals surface area contributed by atoms with Crippen LogP contribution in [-0.2, 0) is 6.42 Å². The van der Waals surface area contributed by atoms with Crippen molar-refractivity contribution in [1.29, 1.82) is 0 Å². The van der Waals surface area contributed by atoms with E-state index in [0.717, 1.165) is 6.42 Å². The highest BCUT2D eigenvalue weighted by Gasteiger charge is 2.17. The summed E-state index contributed by atoms with van der Waals surface area (Å²) in [5.41, 5.74) is 7.41. The minimum atomic E-state index is 0.268. The Bertz CT molecular complexity index is 282. The van der Waals surface area contributed by atoms with E-state index in [2.05, 4.69) is 67.6 Å². The Kier molecular flexibility index (Phi) is 5.06. The molecule has 2 N–H and O–H groups in total. The second kappa shape index (κ2) is 5.85. The molecule has 2 heteroatoms. The molecule has 0 bridgehead atoms. The maximum Gasteiger partial charge on any atom is 0.0130 e. The van der Waals surface area contributed by atoms with E-state index < -0.39 is 0 Å². The van der Waals surface area contributed by atoms with E-state index in [9.17, 15) is 0 Å². The Hall–Kier alpha value is -0.0900. The van der Waals surface area contributed by atoms with Gasteiger partial charge in [0.1, 0.15) is 0 Å². The summed E-state index contributed by atoms with van der Waals surface area (Å²) >= 11 is 2.33. The fourth-order valence-electron chi connectivity index (χ4n) is 1.92. The Labute approximate surface area is 107 Å². The van der Waals surface area contributed by atoms with Crippen LogP contribution in [0.1, 0.15) is 26.3 Å². The van der Waals surface area contributed by atoms with E-state index in [1.807, 2.05) is 0 Å². The van der Waals surface area contributed by atoms with Crippen molar-refractivity contribution < 1.29 is 0 Å². The summed E-state index contributed by atoms with van der Waals surface area (Å²) < 4.78 is 1.29. The first kappa shape index (κ1) is 13.0. The van der Waals surface area contributed by atoms with E-state index in [1.165, 1.54) is 9.13 Å². The zero-order chi connectivity index (χ0) is 11.4. The molecule has 0 aliphatic heterocycles. The van der Waals surface area contributed by atoms with E-state index in [1.54, 1.807) is 0 Å². The van der Waals surface area contributed by atoms with Gasteiger partial charge in [-0.2, -0.15) is 0 Å². The molecule has 0 aliphatic carbocycles. The van der Waals surface area contributed by atoms with Crippen LogP contribution in [0.3, 0.4) is 0 Å². The van der Waals surface area contributed by atoms with Gasteiger partial charge in [0.25, 0.3) is 0 Å². The monoisotopic (exact) mass is 317 g/mol. The molecule has 0 aromatic heterocycles. The fourth-order valence-corrected chi connectivity index (χ4v) is 2.28. The second-order valence-electron chi connectivity index (χ2n) is 4.60. The SMILES string of the molecule is CC(C)C(Cc1ccc(I)cc1)C(C)N. The minimum absolute atomic E-state index is 0.268. The van der Waals surface area contributed by atoms with Crippen LogP contribution >= 0.6 is 22.6 Å². The van der Waals surface area contributed by atoms with Gasteiger partial charge in [-0.05, 0) is 65.5 Å². The van der Waals surface area contributed by atoms with Crippen LogP contribution in [0.25, 0.3) is 0 Å². The minimum Gasteiger partial charge on any atom is -0.328 e. The fraction of sp³-hybridized carbons (Fsp3) is 0.538. The highest BCUT2D eigenvalue weighted by atomic mass is 127. The van der Waals surface area contributed by atoms with Crippen LogP contribution in [0.2, 0.25) is 0 Å². The summed E-state index contributed by atoms with van der Waals surface area (Å²) in [7, 11) is 0. The predicted octanol–water partition coefficient (Wildman–Crippen LogP) is 3.45. The van der Waals surface area contributed by atoms with E-state index in [-0.39, 0.29) is 6.04 Å². The number of hydrogen-bond acceptors (Lipinski definition) is 1. The van der Waals surface area contributed by atoms with Gasteiger partial charge in [0.15, 0.2) is 0 Å². The molecule has 0 heterocycles. The van der Waals surface area contributed by atoms with Crippen LogP contribution in [-0.4, -0.2) is 6.04 Å². The van der Waals surface area contributed by atoms with Crippen LogP contribution in [0, 0.1) is 15.4 Å². The summed E-state index contributed by atoms with van der Waals surface area (Å²) in [4.78, 5) is 0. The van der Waals surface area contributed by atoms with Gasteiger partial charge in [0, 0.05) is 9.61 Å². The summed E-state index contributed by atoms with van der Waals surface area (Å²) in [6.45, 7) is 6.61. The largest absolute Gasteiger partial charge is 0.328 e. The van der Waals surface area contributed by atoms with Gasteiger partial charge in [-0.25, -0.2) is 0 Å². The van der Waals surface area contributed by atoms with Gasteiger partial charge < -0.3 is 5.73 Å². The van der Waals surface area contributed by atoms with Crippen molar-refractivity contribution in [3.8, 4) is 0 Å². The lowest BCUT2D eigenvalue weighted by atomic mass is 9.84. The third kappa shape index (κ3) is 4.11. The molecule has 2 atom stereocenters. The predicted molar refractivity (Wildman–Crippen MR) is 74.8 cm³/mol. The van der Waals surface area contributed by atoms with Gasteiger partial charge in [0.2, 0.25) is 0 Å². The summed E-state index contributed by atoms with van der Waals surface area (Å²) in [6.07, 6.45) is 1.09. The second-order valence-corrected chi connectivity index (χ2v) is 5.84. The standard InChI is InChI=1S/C13H20IN/c1-9(2)13(10(3)15)8-11-4-6-12(14)7-5-11/h4-7,9-10,13H,8,15H2,1-3H3. The third-order valence-electron chi connectivity index (χ3n) is 2.92. The van der Waals surface area contributed by atoms with Crippen molar-refractivity contribution in [2.24, 2.45) is 17.6 Å². The molecule has 2 unspecified atom stereocenters. The summed E-state index contributed by atoms with van der Waals surface area (Å²) in [5.74, 6) is 1.22. The van der Waals surface area contributed by atoms with Crippen molar-refractivity contribution >= 4 is 22.6 Å². The molecule has 0 fully saturated rings. The smallest absolute Gasteiger partial charge is 0.0130 e. The topological polar surface area (TPSA) is 26.0 Å². The zero-order valence-corrected chi connectivity index (χ0v) is 11.9. The Morgan fingerprint density at radius 3 is 2.07 bits per heavy atom. The molecule has 1 aromatic carbocycles. The molecule has 0 aliphatic rings. The van der Waals surface area contributed by atoms with Gasteiger partial charge in [-0.1, -0.05) is 26.0 Å². The maximum atomic E-state index is 6.01. The van der Waals surface area contributed by atoms with Gasteiger partial charge in [0.05, 0.1) is 0 Å². The molecule has 84 valence electrons. The molecule has 0 spiro atoms. The number of benzene rings is 1. The highest BCUT2D eigenvalue weighted by Crippen LogP contribution is 2.20. The molecule has 0 radical (unpaired) electrons. The Morgan fingerprint density at radius 2 is 1.67 bits per heavy atom. The first-order valence-electron chi connectivity index (χ1n) is 5.50. The lowest BCUT2D eigenvalue weighted by Gasteiger charge is -2.24. The van der Waals surface area contributed by atoms with Crippen LogP contribution in [0.15, 0.2) is 24.3 Å². The normalized spacial score (nSPS) is 15.3. The molecule has 0 saturated heterocycles. The number of rotatable bonds is 4. The van der Waals surface area contributed by atoms with Crippen LogP contribution < -0.4 is 5.73 Å². The van der Waals surface area contributed by atoms with E-state index in [0.29, 0.717) is 11.8 Å². The molecule has 1 aromatic rings. The first-order valence-corrected chi connectivity index (χ1v) is 6.58. The average molecular weight is 317 g/mol. The first-order chi connectivity index (χ1) is 7.00. The zero-order valence-electron chi connectivity index (χ0n) is 9.70. The van der Waals surface area contributed by atoms with Crippen LogP contribution in [0.5, 0.6) is 0 Å². The Morgan fingerprint density at radius 1 is 1.13 bits per heavy atom. The van der Waals surface area contributed by atoms with Gasteiger partial charge >= 0.3 is 0 Å². The maximum absolute atomic E-state index is 6.01. The van der Waals surface area contributed by atoms with Crippen molar-refractivity contribution in [3.63, 3.8) is 0 Å². The van der Waals surface area contributed by atoms with Crippen molar-refractivity contribution in [2.75, 3.05) is 0 Å². The van der Waals surface area contributed by atoms with Gasteiger partial charge in [-0.3, -0.25) is 0 Å². The summed E-state index contributed by atoms with van der Waals surface area (Å²) in [5, 5.41) is 0. The van der Waals surface area contributed by atoms with Crippen molar-refractivity contribution in [3.05, 3.63) is 33.4 Å². The van der Waals surface area contributed by atoms with E-state index >= 15 is 0 Å². The van der Waals surface area contributed by atoms with Crippen molar-refractivity contribution in [1.82, 2.24) is 0 Å². The quantitative estimate of drug-likeness (QED) is 0.846.